The van der Waals surface area contributed by atoms with Crippen molar-refractivity contribution >= 4 is 11.6 Å². The standard InChI is InChI=1S/C18H18FNO2/c1-3-22-17-7-5-14(10-12(17)2)18(21)20-9-8-13-4-6-15(19)11-16(13)20/h4-7,10-11H,3,8-9H2,1-2H3. The number of carbonyl (C=O) groups excluding carboxylic acids is 1. The zero-order valence-corrected chi connectivity index (χ0v) is 12.7. The molecule has 1 aliphatic heterocycles. The predicted octanol–water partition coefficient (Wildman–Crippen LogP) is 3.74. The van der Waals surface area contributed by atoms with Crippen molar-refractivity contribution in [1.29, 1.82) is 0 Å². The van der Waals surface area contributed by atoms with Gasteiger partial charge in [0.15, 0.2) is 0 Å². The summed E-state index contributed by atoms with van der Waals surface area (Å²) in [6, 6.07) is 10.0. The van der Waals surface area contributed by atoms with Crippen molar-refractivity contribution in [3.8, 4) is 5.75 Å². The van der Waals surface area contributed by atoms with Crippen LogP contribution in [0.1, 0.15) is 28.4 Å². The fourth-order valence-corrected chi connectivity index (χ4v) is 2.82. The fraction of sp³-hybridized carbons (Fsp3) is 0.278. The molecule has 0 atom stereocenters. The number of anilines is 1. The first-order valence-corrected chi connectivity index (χ1v) is 7.44. The molecule has 22 heavy (non-hydrogen) atoms. The number of carbonyl (C=O) groups is 1. The summed E-state index contributed by atoms with van der Waals surface area (Å²) in [5, 5.41) is 0. The second-order valence-electron chi connectivity index (χ2n) is 5.39. The number of aryl methyl sites for hydroxylation is 1. The average Bonchev–Trinajstić information content (AvgIpc) is 2.91. The Morgan fingerprint density at radius 2 is 2.09 bits per heavy atom. The summed E-state index contributed by atoms with van der Waals surface area (Å²) in [6.07, 6.45) is 0.761. The van der Waals surface area contributed by atoms with Crippen molar-refractivity contribution in [3.63, 3.8) is 0 Å². The third-order valence-electron chi connectivity index (χ3n) is 3.91. The molecule has 0 N–H and O–H groups in total. The summed E-state index contributed by atoms with van der Waals surface area (Å²) in [4.78, 5) is 14.4. The lowest BCUT2D eigenvalue weighted by atomic mass is 10.1. The van der Waals surface area contributed by atoms with E-state index >= 15 is 0 Å². The zero-order chi connectivity index (χ0) is 15.7. The highest BCUT2D eigenvalue weighted by molar-refractivity contribution is 6.07. The second kappa shape index (κ2) is 5.79. The van der Waals surface area contributed by atoms with E-state index in [1.807, 2.05) is 26.0 Å². The van der Waals surface area contributed by atoms with E-state index in [2.05, 4.69) is 0 Å². The van der Waals surface area contributed by atoms with Gasteiger partial charge in [0.05, 0.1) is 12.3 Å². The lowest BCUT2D eigenvalue weighted by Gasteiger charge is -2.18. The molecule has 0 saturated carbocycles. The first kappa shape index (κ1) is 14.6. The molecule has 0 radical (unpaired) electrons. The number of ether oxygens (including phenoxy) is 1. The number of fused-ring (bicyclic) bond motifs is 1. The van der Waals surface area contributed by atoms with Gasteiger partial charge >= 0.3 is 0 Å². The Labute approximate surface area is 129 Å². The molecule has 0 spiro atoms. The van der Waals surface area contributed by atoms with Crippen molar-refractivity contribution in [1.82, 2.24) is 0 Å². The minimum atomic E-state index is -0.318. The molecule has 1 heterocycles. The van der Waals surface area contributed by atoms with Gasteiger partial charge in [0.2, 0.25) is 0 Å². The maximum Gasteiger partial charge on any atom is 0.258 e. The molecule has 3 rings (SSSR count). The first-order valence-electron chi connectivity index (χ1n) is 7.44. The number of benzene rings is 2. The van der Waals surface area contributed by atoms with Gasteiger partial charge in [-0.05, 0) is 61.7 Å². The maximum atomic E-state index is 13.4. The minimum absolute atomic E-state index is 0.101. The van der Waals surface area contributed by atoms with Gasteiger partial charge in [0, 0.05) is 12.1 Å². The highest BCUT2D eigenvalue weighted by Crippen LogP contribution is 2.30. The summed E-state index contributed by atoms with van der Waals surface area (Å²) >= 11 is 0. The van der Waals surface area contributed by atoms with Gasteiger partial charge in [-0.2, -0.15) is 0 Å². The third-order valence-corrected chi connectivity index (χ3v) is 3.91. The Morgan fingerprint density at radius 3 is 2.82 bits per heavy atom. The van der Waals surface area contributed by atoms with Gasteiger partial charge in [-0.1, -0.05) is 6.07 Å². The van der Waals surface area contributed by atoms with E-state index in [0.29, 0.717) is 24.4 Å². The smallest absolute Gasteiger partial charge is 0.258 e. The SMILES string of the molecule is CCOc1ccc(C(=O)N2CCc3ccc(F)cc32)cc1C. The Bertz CT molecular complexity index is 727. The molecular weight excluding hydrogens is 281 g/mol. The molecule has 0 bridgehead atoms. The van der Waals surface area contributed by atoms with Gasteiger partial charge in [-0.15, -0.1) is 0 Å². The fourth-order valence-electron chi connectivity index (χ4n) is 2.82. The summed E-state index contributed by atoms with van der Waals surface area (Å²) < 4.78 is 18.9. The Morgan fingerprint density at radius 1 is 1.27 bits per heavy atom. The molecule has 3 nitrogen and oxygen atoms in total. The maximum absolute atomic E-state index is 13.4. The predicted molar refractivity (Wildman–Crippen MR) is 84.1 cm³/mol. The normalized spacial score (nSPS) is 13.1. The van der Waals surface area contributed by atoms with Crippen molar-refractivity contribution in [2.24, 2.45) is 0 Å². The Hall–Kier alpha value is -2.36. The summed E-state index contributed by atoms with van der Waals surface area (Å²) in [5.74, 6) is 0.365. The first-order chi connectivity index (χ1) is 10.6. The molecule has 2 aromatic rings. The van der Waals surface area contributed by atoms with E-state index in [4.69, 9.17) is 4.74 Å². The number of halogens is 1. The van der Waals surface area contributed by atoms with E-state index in [1.165, 1.54) is 12.1 Å². The van der Waals surface area contributed by atoms with E-state index < -0.39 is 0 Å². The number of nitrogens with zero attached hydrogens (tertiary/aromatic N) is 1. The van der Waals surface area contributed by atoms with Crippen molar-refractivity contribution in [2.75, 3.05) is 18.1 Å². The van der Waals surface area contributed by atoms with Gasteiger partial charge < -0.3 is 9.64 Å². The molecule has 0 fully saturated rings. The van der Waals surface area contributed by atoms with Crippen LogP contribution in [0.5, 0.6) is 5.75 Å². The molecule has 2 aromatic carbocycles. The van der Waals surface area contributed by atoms with Crippen LogP contribution in [0.4, 0.5) is 10.1 Å². The third kappa shape index (κ3) is 2.56. The van der Waals surface area contributed by atoms with Gasteiger partial charge in [0.1, 0.15) is 11.6 Å². The topological polar surface area (TPSA) is 29.5 Å². The van der Waals surface area contributed by atoms with Crippen LogP contribution in [-0.2, 0) is 6.42 Å². The molecule has 0 aliphatic carbocycles. The van der Waals surface area contributed by atoms with Crippen molar-refractivity contribution in [3.05, 3.63) is 58.9 Å². The van der Waals surface area contributed by atoms with Gasteiger partial charge in [-0.25, -0.2) is 4.39 Å². The molecule has 1 amide bonds. The van der Waals surface area contributed by atoms with Crippen LogP contribution in [-0.4, -0.2) is 19.1 Å². The van der Waals surface area contributed by atoms with Crippen LogP contribution in [0.2, 0.25) is 0 Å². The Balaban J connectivity index is 1.90. The Kier molecular flexibility index (Phi) is 3.84. The number of rotatable bonds is 3. The van der Waals surface area contributed by atoms with Crippen LogP contribution >= 0.6 is 0 Å². The van der Waals surface area contributed by atoms with Gasteiger partial charge in [0.25, 0.3) is 5.91 Å². The lowest BCUT2D eigenvalue weighted by molar-refractivity contribution is 0.0989. The number of amides is 1. The molecule has 1 aliphatic rings. The summed E-state index contributed by atoms with van der Waals surface area (Å²) in [7, 11) is 0. The molecule has 4 heteroatoms. The van der Waals surface area contributed by atoms with E-state index in [0.717, 1.165) is 23.3 Å². The monoisotopic (exact) mass is 299 g/mol. The van der Waals surface area contributed by atoms with Crippen LogP contribution < -0.4 is 9.64 Å². The molecule has 0 saturated heterocycles. The van der Waals surface area contributed by atoms with Crippen molar-refractivity contribution in [2.45, 2.75) is 20.3 Å². The second-order valence-corrected chi connectivity index (χ2v) is 5.39. The van der Waals surface area contributed by atoms with Crippen LogP contribution in [0.15, 0.2) is 36.4 Å². The molecule has 0 unspecified atom stereocenters. The molecular formula is C18H18FNO2. The highest BCUT2D eigenvalue weighted by Gasteiger charge is 2.26. The van der Waals surface area contributed by atoms with E-state index in [-0.39, 0.29) is 11.7 Å². The van der Waals surface area contributed by atoms with Crippen molar-refractivity contribution < 1.29 is 13.9 Å². The van der Waals surface area contributed by atoms with Crippen LogP contribution in [0.3, 0.4) is 0 Å². The number of hydrogen-bond donors (Lipinski definition) is 0. The van der Waals surface area contributed by atoms with E-state index in [1.54, 1.807) is 17.0 Å². The molecule has 0 aromatic heterocycles. The summed E-state index contributed by atoms with van der Waals surface area (Å²) in [6.45, 7) is 5.02. The lowest BCUT2D eigenvalue weighted by Crippen LogP contribution is -2.29. The zero-order valence-electron chi connectivity index (χ0n) is 12.7. The molecule has 114 valence electrons. The van der Waals surface area contributed by atoms with E-state index in [9.17, 15) is 9.18 Å². The van der Waals surface area contributed by atoms with Gasteiger partial charge in [-0.3, -0.25) is 4.79 Å². The average molecular weight is 299 g/mol. The van der Waals surface area contributed by atoms with Crippen LogP contribution in [0.25, 0.3) is 0 Å². The summed E-state index contributed by atoms with van der Waals surface area (Å²) in [5.41, 5.74) is 3.21. The largest absolute Gasteiger partial charge is 0.494 e. The van der Waals surface area contributed by atoms with Crippen LogP contribution in [0, 0.1) is 12.7 Å². The minimum Gasteiger partial charge on any atom is -0.494 e. The highest BCUT2D eigenvalue weighted by atomic mass is 19.1. The number of hydrogen-bond acceptors (Lipinski definition) is 2. The quantitative estimate of drug-likeness (QED) is 0.864.